The largest absolute Gasteiger partial charge is 0.525 e. The van der Waals surface area contributed by atoms with Gasteiger partial charge in [0.05, 0.1) is 11.2 Å². The zero-order valence-electron chi connectivity index (χ0n) is 16.9. The smallest absolute Gasteiger partial charge is 0.482 e. The third-order valence-corrected chi connectivity index (χ3v) is 5.27. The molecule has 2 aromatic rings. The van der Waals surface area contributed by atoms with Crippen LogP contribution in [0.1, 0.15) is 38.8 Å². The first-order valence-corrected chi connectivity index (χ1v) is 9.36. The van der Waals surface area contributed by atoms with Crippen molar-refractivity contribution >= 4 is 18.7 Å². The maximum atomic E-state index is 15.7. The molecule has 1 aliphatic rings. The van der Waals surface area contributed by atoms with E-state index in [1.165, 1.54) is 0 Å². The van der Waals surface area contributed by atoms with Gasteiger partial charge in [0.25, 0.3) is 0 Å². The van der Waals surface area contributed by atoms with Crippen molar-refractivity contribution in [3.63, 3.8) is 0 Å². The van der Waals surface area contributed by atoms with Gasteiger partial charge in [-0.25, -0.2) is 9.18 Å². The fourth-order valence-electron chi connectivity index (χ4n) is 2.97. The van der Waals surface area contributed by atoms with Gasteiger partial charge in [-0.05, 0) is 51.0 Å². The van der Waals surface area contributed by atoms with Gasteiger partial charge >= 0.3 is 13.1 Å². The van der Waals surface area contributed by atoms with Crippen molar-refractivity contribution < 1.29 is 28.3 Å². The average molecular weight is 398 g/mol. The number of carboxylic acids is 1. The number of ether oxygens (including phenoxy) is 1. The van der Waals surface area contributed by atoms with Gasteiger partial charge in [0.15, 0.2) is 6.61 Å². The van der Waals surface area contributed by atoms with Crippen molar-refractivity contribution in [1.29, 1.82) is 0 Å². The Balaban J connectivity index is 2.00. The van der Waals surface area contributed by atoms with Crippen LogP contribution < -0.4 is 4.74 Å². The molecule has 29 heavy (non-hydrogen) atoms. The topological polar surface area (TPSA) is 65.0 Å². The van der Waals surface area contributed by atoms with Gasteiger partial charge in [-0.2, -0.15) is 0 Å². The van der Waals surface area contributed by atoms with Crippen molar-refractivity contribution in [2.24, 2.45) is 0 Å². The molecule has 5 nitrogen and oxygen atoms in total. The predicted molar refractivity (Wildman–Crippen MR) is 109 cm³/mol. The predicted octanol–water partition coefficient (Wildman–Crippen LogP) is 4.51. The summed E-state index contributed by atoms with van der Waals surface area (Å²) in [7, 11) is -1.13. The van der Waals surface area contributed by atoms with Gasteiger partial charge in [0, 0.05) is 5.57 Å². The summed E-state index contributed by atoms with van der Waals surface area (Å²) < 4.78 is 32.7. The number of hydrogen-bond donors (Lipinski definition) is 1. The molecular weight excluding hydrogens is 374 g/mol. The molecule has 0 radical (unpaired) electrons. The van der Waals surface area contributed by atoms with Crippen molar-refractivity contribution in [2.45, 2.75) is 38.9 Å². The molecule has 1 saturated heterocycles. The lowest BCUT2D eigenvalue weighted by atomic mass is 9.80. The highest BCUT2D eigenvalue weighted by atomic mass is 19.1. The zero-order valence-corrected chi connectivity index (χ0v) is 16.9. The summed E-state index contributed by atoms with van der Waals surface area (Å²) in [5.74, 6) is -0.676. The number of carbonyl (C=O) groups is 1. The number of carboxylic acid groups (broad SMARTS) is 1. The minimum absolute atomic E-state index is 0.355. The number of aliphatic carboxylic acids is 1. The Hall–Kier alpha value is -2.64. The van der Waals surface area contributed by atoms with E-state index in [2.05, 4.69) is 0 Å². The normalized spacial score (nSPS) is 18.3. The van der Waals surface area contributed by atoms with E-state index in [0.717, 1.165) is 0 Å². The van der Waals surface area contributed by atoms with E-state index in [1.807, 2.05) is 58.0 Å². The van der Waals surface area contributed by atoms with Gasteiger partial charge in [-0.1, -0.05) is 42.5 Å². The van der Waals surface area contributed by atoms with E-state index in [0.29, 0.717) is 22.4 Å². The summed E-state index contributed by atoms with van der Waals surface area (Å²) in [6, 6.07) is 15.7. The summed E-state index contributed by atoms with van der Waals surface area (Å²) in [4.78, 5) is 10.7. The molecule has 2 aromatic carbocycles. The molecule has 0 spiro atoms. The molecular formula is C22H24BFO5. The Morgan fingerprint density at radius 1 is 0.966 bits per heavy atom. The highest BCUT2D eigenvalue weighted by Crippen LogP contribution is 2.41. The van der Waals surface area contributed by atoms with Crippen LogP contribution in [0.15, 0.2) is 60.3 Å². The molecule has 0 bridgehead atoms. The maximum Gasteiger partial charge on any atom is 0.525 e. The quantitative estimate of drug-likeness (QED) is 0.726. The van der Waals surface area contributed by atoms with E-state index in [9.17, 15) is 4.79 Å². The molecule has 1 heterocycles. The number of halogens is 1. The van der Waals surface area contributed by atoms with Crippen molar-refractivity contribution in [2.75, 3.05) is 6.61 Å². The Bertz CT molecular complexity index is 891. The first kappa shape index (κ1) is 21.1. The SMILES string of the molecule is CC1(C)OB(C(F)=C(c2ccccc2)c2ccc(OCC(=O)O)cc2)OC1(C)C. The molecule has 0 saturated carbocycles. The monoisotopic (exact) mass is 398 g/mol. The molecule has 0 aliphatic carbocycles. The Kier molecular flexibility index (Phi) is 5.82. The molecule has 152 valence electrons. The first-order valence-electron chi connectivity index (χ1n) is 9.36. The van der Waals surface area contributed by atoms with Crippen molar-refractivity contribution in [3.8, 4) is 5.75 Å². The third-order valence-electron chi connectivity index (χ3n) is 5.27. The van der Waals surface area contributed by atoms with Crippen LogP contribution in [0.2, 0.25) is 0 Å². The van der Waals surface area contributed by atoms with Crippen LogP contribution in [0, 0.1) is 0 Å². The first-order chi connectivity index (χ1) is 13.6. The fraction of sp³-hybridized carbons (Fsp3) is 0.318. The molecule has 1 aliphatic heterocycles. The molecule has 0 aromatic heterocycles. The molecule has 0 amide bonds. The standard InChI is InChI=1S/C22H24BFO5/c1-21(2)22(3,4)29-23(28-21)20(24)19(15-8-6-5-7-9-15)16-10-12-17(13-11-16)27-14-18(25)26/h5-13H,14H2,1-4H3,(H,25,26). The summed E-state index contributed by atoms with van der Waals surface area (Å²) in [5.41, 5.74) is -0.204. The van der Waals surface area contributed by atoms with Gasteiger partial charge < -0.3 is 19.2 Å². The summed E-state index contributed by atoms with van der Waals surface area (Å²) in [5, 5.41) is 8.74. The van der Waals surface area contributed by atoms with Gasteiger partial charge in [-0.15, -0.1) is 0 Å². The van der Waals surface area contributed by atoms with Gasteiger partial charge in [-0.3, -0.25) is 0 Å². The Labute approximate surface area is 170 Å². The van der Waals surface area contributed by atoms with Crippen LogP contribution >= 0.6 is 0 Å². The minimum Gasteiger partial charge on any atom is -0.482 e. The summed E-state index contributed by atoms with van der Waals surface area (Å²) in [6.07, 6.45) is 0. The summed E-state index contributed by atoms with van der Waals surface area (Å²) in [6.45, 7) is 7.05. The van der Waals surface area contributed by atoms with Crippen molar-refractivity contribution in [1.82, 2.24) is 0 Å². The lowest BCUT2D eigenvalue weighted by molar-refractivity contribution is -0.139. The highest BCUT2D eigenvalue weighted by molar-refractivity contribution is 6.55. The lowest BCUT2D eigenvalue weighted by Crippen LogP contribution is -2.41. The van der Waals surface area contributed by atoms with Crippen LogP contribution in [0.25, 0.3) is 5.57 Å². The zero-order chi connectivity index (χ0) is 21.2. The Morgan fingerprint density at radius 3 is 2.00 bits per heavy atom. The van der Waals surface area contributed by atoms with Crippen LogP contribution in [-0.4, -0.2) is 36.0 Å². The number of rotatable bonds is 6. The van der Waals surface area contributed by atoms with E-state index >= 15 is 4.39 Å². The molecule has 1 fully saturated rings. The van der Waals surface area contributed by atoms with Crippen molar-refractivity contribution in [3.05, 3.63) is 71.5 Å². The van der Waals surface area contributed by atoms with E-state index in [1.54, 1.807) is 24.3 Å². The van der Waals surface area contributed by atoms with Crippen LogP contribution in [0.5, 0.6) is 5.75 Å². The molecule has 0 atom stereocenters. The summed E-state index contributed by atoms with van der Waals surface area (Å²) >= 11 is 0. The Morgan fingerprint density at radius 2 is 1.48 bits per heavy atom. The van der Waals surface area contributed by atoms with E-state index < -0.39 is 36.6 Å². The van der Waals surface area contributed by atoms with E-state index in [4.69, 9.17) is 19.2 Å². The van der Waals surface area contributed by atoms with Crippen LogP contribution in [0.4, 0.5) is 4.39 Å². The minimum atomic E-state index is -1.13. The van der Waals surface area contributed by atoms with Gasteiger partial charge in [0.1, 0.15) is 11.5 Å². The fourth-order valence-corrected chi connectivity index (χ4v) is 2.97. The second kappa shape index (κ2) is 8.01. The second-order valence-electron chi connectivity index (χ2n) is 7.88. The molecule has 3 rings (SSSR count). The average Bonchev–Trinajstić information content (AvgIpc) is 2.89. The van der Waals surface area contributed by atoms with E-state index in [-0.39, 0.29) is 0 Å². The number of hydrogen-bond acceptors (Lipinski definition) is 4. The number of benzene rings is 2. The third kappa shape index (κ3) is 4.52. The highest BCUT2D eigenvalue weighted by Gasteiger charge is 2.53. The van der Waals surface area contributed by atoms with Gasteiger partial charge in [0.2, 0.25) is 0 Å². The maximum absolute atomic E-state index is 15.7. The molecule has 1 N–H and O–H groups in total. The van der Waals surface area contributed by atoms with Crippen LogP contribution in [0.3, 0.4) is 0 Å². The molecule has 7 heteroatoms. The molecule has 0 unspecified atom stereocenters. The second-order valence-corrected chi connectivity index (χ2v) is 7.88. The van der Waals surface area contributed by atoms with Crippen LogP contribution in [-0.2, 0) is 14.1 Å². The lowest BCUT2D eigenvalue weighted by Gasteiger charge is -2.32.